The molecule has 0 spiro atoms. The number of rotatable bonds is 11. The van der Waals surface area contributed by atoms with Crippen molar-refractivity contribution < 1.29 is 23.3 Å². The quantitative estimate of drug-likeness (QED) is 0.153. The first kappa shape index (κ1) is 35.8. The highest BCUT2D eigenvalue weighted by Gasteiger charge is 2.47. The van der Waals surface area contributed by atoms with Gasteiger partial charge in [0, 0.05) is 26.7 Å². The number of amidine groups is 1. The van der Waals surface area contributed by atoms with Crippen molar-refractivity contribution in [1.29, 1.82) is 0 Å². The lowest BCUT2D eigenvalue weighted by Crippen LogP contribution is -2.42. The smallest absolute Gasteiger partial charge is 0.302 e. The molecule has 0 saturated carbocycles. The van der Waals surface area contributed by atoms with Crippen LogP contribution in [0.5, 0.6) is 17.2 Å². The summed E-state index contributed by atoms with van der Waals surface area (Å²) in [5.41, 5.74) is 5.55. The first-order valence-electron chi connectivity index (χ1n) is 18.2. The van der Waals surface area contributed by atoms with Gasteiger partial charge >= 0.3 is 5.95 Å². The van der Waals surface area contributed by atoms with Gasteiger partial charge in [-0.3, -0.25) is 4.90 Å². The SMILES string of the molecule is C=C1CN2CCC[C@@]2(COC2=CN(C)C3=NCNc4c(Cl)c(-c5cc(C)cc(N(Cc6ccc(OC)cc6)Cc6ccc(OC)cc6)n5)c(F)c(c43)O2)C1. The van der Waals surface area contributed by atoms with E-state index in [-0.39, 0.29) is 34.5 Å². The molecule has 4 aliphatic heterocycles. The zero-order valence-electron chi connectivity index (χ0n) is 31.0. The summed E-state index contributed by atoms with van der Waals surface area (Å²) in [7, 11) is 5.15. The maximum absolute atomic E-state index is 17.3. The Kier molecular flexibility index (Phi) is 9.62. The number of aryl methyl sites for hydroxylation is 1. The van der Waals surface area contributed by atoms with E-state index in [1.807, 2.05) is 74.6 Å². The number of ether oxygens (including phenoxy) is 4. The van der Waals surface area contributed by atoms with Crippen molar-refractivity contribution in [3.63, 3.8) is 0 Å². The molecule has 0 radical (unpaired) electrons. The van der Waals surface area contributed by atoms with Gasteiger partial charge in [-0.1, -0.05) is 48.0 Å². The lowest BCUT2D eigenvalue weighted by atomic mass is 9.94. The second kappa shape index (κ2) is 14.5. The summed E-state index contributed by atoms with van der Waals surface area (Å²) in [6.07, 6.45) is 4.71. The molecule has 8 rings (SSSR count). The highest BCUT2D eigenvalue weighted by atomic mass is 35.5. The van der Waals surface area contributed by atoms with Crippen LogP contribution in [0.25, 0.3) is 11.3 Å². The summed E-state index contributed by atoms with van der Waals surface area (Å²) in [5, 5.41) is 3.49. The third-order valence-corrected chi connectivity index (χ3v) is 11.1. The van der Waals surface area contributed by atoms with Gasteiger partial charge in [-0.25, -0.2) is 14.4 Å². The van der Waals surface area contributed by atoms with Crippen molar-refractivity contribution in [3.05, 3.63) is 118 Å². The molecular weight excluding hydrogens is 707 g/mol. The van der Waals surface area contributed by atoms with Crippen LogP contribution < -0.4 is 24.4 Å². The average molecular weight is 751 g/mol. The highest BCUT2D eigenvalue weighted by Crippen LogP contribution is 2.48. The van der Waals surface area contributed by atoms with Crippen molar-refractivity contribution in [3.8, 4) is 28.5 Å². The molecular formula is C42H44ClFN6O4. The topological polar surface area (TPSA) is 83.9 Å². The second-order valence-corrected chi connectivity index (χ2v) is 14.8. The first-order valence-corrected chi connectivity index (χ1v) is 18.5. The molecule has 2 saturated heterocycles. The predicted molar refractivity (Wildman–Crippen MR) is 210 cm³/mol. The molecule has 4 aromatic rings. The molecule has 5 heterocycles. The monoisotopic (exact) mass is 750 g/mol. The molecule has 3 aromatic carbocycles. The van der Waals surface area contributed by atoms with E-state index in [9.17, 15) is 0 Å². The molecule has 0 amide bonds. The van der Waals surface area contributed by atoms with Gasteiger partial charge in [-0.05, 0) is 85.8 Å². The zero-order chi connectivity index (χ0) is 37.6. The minimum atomic E-state index is -0.643. The largest absolute Gasteiger partial charge is 0.497 e. The van der Waals surface area contributed by atoms with Crippen molar-refractivity contribution in [2.45, 2.75) is 44.8 Å². The molecule has 12 heteroatoms. The van der Waals surface area contributed by atoms with Crippen LogP contribution in [0.2, 0.25) is 5.02 Å². The second-order valence-electron chi connectivity index (χ2n) is 14.5. The number of aliphatic imine (C=N–C) groups is 1. The molecule has 1 N–H and O–H groups in total. The van der Waals surface area contributed by atoms with Crippen molar-refractivity contribution >= 4 is 28.9 Å². The van der Waals surface area contributed by atoms with Crippen LogP contribution in [0.1, 0.15) is 41.5 Å². The van der Waals surface area contributed by atoms with E-state index in [2.05, 4.69) is 26.7 Å². The van der Waals surface area contributed by atoms with Crippen LogP contribution >= 0.6 is 11.6 Å². The molecule has 10 nitrogen and oxygen atoms in total. The Morgan fingerprint density at radius 3 is 2.37 bits per heavy atom. The lowest BCUT2D eigenvalue weighted by Gasteiger charge is -2.31. The fraction of sp³-hybridized carbons (Fsp3) is 0.333. The predicted octanol–water partition coefficient (Wildman–Crippen LogP) is 8.14. The van der Waals surface area contributed by atoms with E-state index in [0.29, 0.717) is 48.3 Å². The molecule has 54 heavy (non-hydrogen) atoms. The fourth-order valence-electron chi connectivity index (χ4n) is 8.05. The summed E-state index contributed by atoms with van der Waals surface area (Å²) in [4.78, 5) is 16.2. The van der Waals surface area contributed by atoms with Gasteiger partial charge in [0.2, 0.25) is 0 Å². The normalized spacial score (nSPS) is 18.9. The van der Waals surface area contributed by atoms with Gasteiger partial charge in [0.1, 0.15) is 36.4 Å². The van der Waals surface area contributed by atoms with E-state index in [1.54, 1.807) is 25.3 Å². The Morgan fingerprint density at radius 2 is 1.70 bits per heavy atom. The number of fused-ring (bicyclic) bond motifs is 1. The number of halogens is 2. The number of nitrogens with zero attached hydrogens (tertiary/aromatic N) is 5. The van der Waals surface area contributed by atoms with E-state index < -0.39 is 5.82 Å². The van der Waals surface area contributed by atoms with Crippen LogP contribution in [0, 0.1) is 12.7 Å². The highest BCUT2D eigenvalue weighted by molar-refractivity contribution is 6.37. The maximum atomic E-state index is 17.3. The number of nitrogens with one attached hydrogen (secondary N) is 1. The minimum Gasteiger partial charge on any atom is -0.497 e. The lowest BCUT2D eigenvalue weighted by molar-refractivity contribution is 0.0269. The van der Waals surface area contributed by atoms with Crippen LogP contribution in [0.4, 0.5) is 15.9 Å². The van der Waals surface area contributed by atoms with Crippen molar-refractivity contribution in [1.82, 2.24) is 14.8 Å². The van der Waals surface area contributed by atoms with E-state index in [1.165, 1.54) is 5.57 Å². The number of hydrogen-bond acceptors (Lipinski definition) is 10. The van der Waals surface area contributed by atoms with Gasteiger partial charge in [0.05, 0.1) is 53.5 Å². The Bertz CT molecular complexity index is 2110. The number of benzene rings is 3. The fourth-order valence-corrected chi connectivity index (χ4v) is 8.39. The van der Waals surface area contributed by atoms with Crippen LogP contribution in [-0.4, -0.2) is 73.8 Å². The number of methoxy groups -OCH3 is 2. The van der Waals surface area contributed by atoms with Crippen LogP contribution in [-0.2, 0) is 17.8 Å². The number of aromatic nitrogens is 1. The van der Waals surface area contributed by atoms with Crippen molar-refractivity contribution in [2.75, 3.05) is 57.8 Å². The molecule has 0 aliphatic carbocycles. The summed E-state index contributed by atoms with van der Waals surface area (Å²) < 4.78 is 40.9. The van der Waals surface area contributed by atoms with E-state index in [0.717, 1.165) is 60.5 Å². The zero-order valence-corrected chi connectivity index (χ0v) is 31.8. The Labute approximate surface area is 320 Å². The molecule has 1 atom stereocenters. The van der Waals surface area contributed by atoms with Gasteiger partial charge in [0.25, 0.3) is 0 Å². The molecule has 0 unspecified atom stereocenters. The molecule has 4 aliphatic rings. The minimum absolute atomic E-state index is 0.0132. The molecule has 0 bridgehead atoms. The third kappa shape index (κ3) is 6.71. The van der Waals surface area contributed by atoms with Gasteiger partial charge in [-0.15, -0.1) is 0 Å². The van der Waals surface area contributed by atoms with Gasteiger partial charge < -0.3 is 34.1 Å². The summed E-state index contributed by atoms with van der Waals surface area (Å²) in [6.45, 7) is 9.83. The average Bonchev–Trinajstić information content (AvgIpc) is 3.65. The van der Waals surface area contributed by atoms with Crippen molar-refractivity contribution in [2.24, 2.45) is 4.99 Å². The van der Waals surface area contributed by atoms with E-state index >= 15 is 4.39 Å². The Hall–Kier alpha value is -5.26. The molecule has 1 aromatic heterocycles. The Balaban J connectivity index is 1.17. The van der Waals surface area contributed by atoms with Crippen LogP contribution in [0.15, 0.2) is 90.0 Å². The third-order valence-electron chi connectivity index (χ3n) is 10.7. The summed E-state index contributed by atoms with van der Waals surface area (Å²) in [6, 6.07) is 19.7. The Morgan fingerprint density at radius 1 is 1.02 bits per heavy atom. The number of anilines is 2. The van der Waals surface area contributed by atoms with Gasteiger partial charge in [-0.2, -0.15) is 0 Å². The number of hydrogen-bond donors (Lipinski definition) is 1. The summed E-state index contributed by atoms with van der Waals surface area (Å²) in [5.74, 6) is 2.27. The van der Waals surface area contributed by atoms with Gasteiger partial charge in [0.15, 0.2) is 11.6 Å². The van der Waals surface area contributed by atoms with Crippen LogP contribution in [0.3, 0.4) is 0 Å². The first-order chi connectivity index (χ1) is 26.1. The standard InChI is InChI=1S/C42H44ClFN6O4/c1-26-17-32(47-33(18-26)49(21-28-7-11-30(51-4)12-8-28)22-29-9-13-31(52-5)14-10-29)35-37(43)39-36-40(38(35)44)54-34(23-48(3)41(36)46-25-45-39)53-24-42-15-6-16-50(42)20-27(2)19-42/h7-14,17-18,23,45H,2,6,15-16,19-22,24-25H2,1,3-5H3/t42-/m0/s1. The molecule has 280 valence electrons. The van der Waals surface area contributed by atoms with E-state index in [4.69, 9.17) is 35.5 Å². The number of pyridine rings is 1. The summed E-state index contributed by atoms with van der Waals surface area (Å²) >= 11 is 7.17. The maximum Gasteiger partial charge on any atom is 0.302 e. The molecule has 2 fully saturated rings.